The van der Waals surface area contributed by atoms with Gasteiger partial charge in [0.25, 0.3) is 0 Å². The average Bonchev–Trinajstić information content (AvgIpc) is 2.72. The molecule has 1 heterocycles. The van der Waals surface area contributed by atoms with Crippen molar-refractivity contribution >= 4 is 65.4 Å². The molecule has 7 heteroatoms. The molecule has 4 radical (unpaired) electrons. The van der Waals surface area contributed by atoms with Gasteiger partial charge in [-0.15, -0.1) is 0 Å². The van der Waals surface area contributed by atoms with Crippen molar-refractivity contribution in [3.63, 3.8) is 0 Å². The molecule has 0 bridgehead atoms. The SMILES string of the molecule is CCC1=C(CC)[Si]([Si](C)(C(C)(C)C)C(C)(C)C)C(CC)=C(CC)[Si]1[Si](C)(C(C)(C)C)C(C)(C)C.[Cl][Ge][Cl]. The summed E-state index contributed by atoms with van der Waals surface area (Å²) in [5, 5.41) is 9.66. The van der Waals surface area contributed by atoms with Crippen molar-refractivity contribution < 1.29 is 0 Å². The summed E-state index contributed by atoms with van der Waals surface area (Å²) in [5.41, 5.74) is 0. The third-order valence-corrected chi connectivity index (χ3v) is 48.5. The number of halogens is 2. The molecule has 0 spiro atoms. The van der Waals surface area contributed by atoms with Gasteiger partial charge in [-0.25, -0.2) is 0 Å². The molecule has 0 fully saturated rings. The van der Waals surface area contributed by atoms with Crippen LogP contribution in [0.25, 0.3) is 0 Å². The maximum atomic E-state index is 4.89. The van der Waals surface area contributed by atoms with Crippen molar-refractivity contribution in [2.75, 3.05) is 0 Å². The predicted octanol–water partition coefficient (Wildman–Crippen LogP) is 11.9. The van der Waals surface area contributed by atoms with Gasteiger partial charge in [0.15, 0.2) is 0 Å². The molecule has 1 aliphatic rings. The molecule has 1 rings (SSSR count). The Morgan fingerprint density at radius 3 is 0.703 bits per heavy atom. The fourth-order valence-corrected chi connectivity index (χ4v) is 44.6. The molecular formula is C30H62Cl2GeSi4. The van der Waals surface area contributed by atoms with Crippen molar-refractivity contribution in [3.05, 3.63) is 20.8 Å². The maximum absolute atomic E-state index is 4.89. The summed E-state index contributed by atoms with van der Waals surface area (Å²) in [7, 11) is 4.91. The van der Waals surface area contributed by atoms with E-state index < -0.39 is 45.4 Å². The summed E-state index contributed by atoms with van der Waals surface area (Å²) in [6.07, 6.45) is 5.17. The molecule has 0 unspecified atom stereocenters. The third kappa shape index (κ3) is 7.10. The molecule has 0 saturated heterocycles. The van der Waals surface area contributed by atoms with Gasteiger partial charge in [0, 0.05) is 0 Å². The second-order valence-electron chi connectivity index (χ2n) is 15.4. The summed E-state index contributed by atoms with van der Waals surface area (Å²) in [4.78, 5) is 0. The third-order valence-electron chi connectivity index (χ3n) is 10.3. The molecule has 0 aromatic rings. The molecule has 0 atom stereocenters. The Kier molecular flexibility index (Phi) is 14.2. The molecule has 0 nitrogen and oxygen atoms in total. The van der Waals surface area contributed by atoms with Crippen LogP contribution >= 0.6 is 20.0 Å². The van der Waals surface area contributed by atoms with Crippen molar-refractivity contribution in [3.8, 4) is 0 Å². The predicted molar refractivity (Wildman–Crippen MR) is 186 cm³/mol. The average molecular weight is 679 g/mol. The van der Waals surface area contributed by atoms with Gasteiger partial charge in [0.2, 0.25) is 0 Å². The van der Waals surface area contributed by atoms with E-state index in [-0.39, 0.29) is 0 Å². The van der Waals surface area contributed by atoms with Crippen LogP contribution in [0.1, 0.15) is 136 Å². The fourth-order valence-electron chi connectivity index (χ4n) is 7.49. The van der Waals surface area contributed by atoms with E-state index in [0.717, 1.165) is 0 Å². The first kappa shape index (κ1) is 38.5. The molecule has 37 heavy (non-hydrogen) atoms. The van der Waals surface area contributed by atoms with Crippen LogP contribution in [0.4, 0.5) is 0 Å². The van der Waals surface area contributed by atoms with Gasteiger partial charge in [0.1, 0.15) is 16.6 Å². The number of rotatable bonds is 6. The van der Waals surface area contributed by atoms with E-state index in [1.807, 2.05) is 20.8 Å². The zero-order valence-corrected chi connectivity index (χ0v) is 35.7. The van der Waals surface area contributed by atoms with E-state index >= 15 is 0 Å². The van der Waals surface area contributed by atoms with E-state index in [2.05, 4.69) is 124 Å². The first-order valence-electron chi connectivity index (χ1n) is 14.6. The molecule has 1 aliphatic heterocycles. The van der Waals surface area contributed by atoms with Gasteiger partial charge in [-0.1, -0.05) is 145 Å². The van der Waals surface area contributed by atoms with E-state index in [4.69, 9.17) is 20.0 Å². The molecule has 0 saturated carbocycles. The van der Waals surface area contributed by atoms with Gasteiger partial charge in [-0.3, -0.25) is 0 Å². The summed E-state index contributed by atoms with van der Waals surface area (Å²) >= 11 is -0.556. The summed E-state index contributed by atoms with van der Waals surface area (Å²) in [6, 6.07) is 0. The van der Waals surface area contributed by atoms with Gasteiger partial charge >= 0.3 is 33.6 Å². The van der Waals surface area contributed by atoms with Crippen LogP contribution in [0.5, 0.6) is 0 Å². The van der Waals surface area contributed by atoms with Crippen LogP contribution in [0, 0.1) is 0 Å². The number of hydrogen-bond donors (Lipinski definition) is 0. The molecule has 0 N–H and O–H groups in total. The Morgan fingerprint density at radius 2 is 0.622 bits per heavy atom. The van der Waals surface area contributed by atoms with Crippen molar-refractivity contribution in [2.24, 2.45) is 0 Å². The first-order chi connectivity index (χ1) is 16.5. The monoisotopic (exact) mass is 678 g/mol. The minimum atomic E-state index is -1.70. The van der Waals surface area contributed by atoms with Crippen molar-refractivity contribution in [2.45, 2.75) is 170 Å². The van der Waals surface area contributed by atoms with E-state index in [1.165, 1.54) is 25.7 Å². The fraction of sp³-hybridized carbons (Fsp3) is 0.867. The van der Waals surface area contributed by atoms with E-state index in [1.54, 1.807) is 0 Å². The summed E-state index contributed by atoms with van der Waals surface area (Å²) < 4.78 is 0. The standard InChI is InChI=1S/C30H62Si4.Cl2Ge/c1-19-23-24(20-2)32(34(18,29(11,12)13)30(14,15)16)26(22-4)25(21-3)31(23)33(17,27(5,6)7)28(8,9)10;1-3-2/h19-22H2,1-18H3;. The molecule has 0 aromatic carbocycles. The van der Waals surface area contributed by atoms with E-state index in [0.29, 0.717) is 20.2 Å². The summed E-state index contributed by atoms with van der Waals surface area (Å²) in [5.74, 6) is 0. The molecule has 0 aromatic heterocycles. The van der Waals surface area contributed by atoms with Crippen molar-refractivity contribution in [1.29, 1.82) is 0 Å². The van der Waals surface area contributed by atoms with Crippen LogP contribution < -0.4 is 0 Å². The van der Waals surface area contributed by atoms with Crippen LogP contribution in [0.15, 0.2) is 20.8 Å². The Hall–Kier alpha value is 1.47. The van der Waals surface area contributed by atoms with Gasteiger partial charge in [-0.05, 0) is 45.8 Å². The van der Waals surface area contributed by atoms with Crippen LogP contribution in [0.3, 0.4) is 0 Å². The topological polar surface area (TPSA) is 0 Å². The molecule has 216 valence electrons. The summed E-state index contributed by atoms with van der Waals surface area (Å²) in [6.45, 7) is 46.9. The molecular weight excluding hydrogens is 616 g/mol. The number of allylic oxidation sites excluding steroid dienone is 4. The number of hydrogen-bond acceptors (Lipinski definition) is 0. The van der Waals surface area contributed by atoms with Crippen LogP contribution in [0.2, 0.25) is 33.2 Å². The second kappa shape index (κ2) is 13.6. The normalized spacial score (nSPS) is 17.8. The second-order valence-corrected chi connectivity index (χ2v) is 42.1. The molecule has 0 amide bonds. The van der Waals surface area contributed by atoms with Crippen LogP contribution in [-0.4, -0.2) is 45.4 Å². The van der Waals surface area contributed by atoms with Crippen molar-refractivity contribution in [1.82, 2.24) is 0 Å². The van der Waals surface area contributed by atoms with Gasteiger partial charge < -0.3 is 0 Å². The Bertz CT molecular complexity index is 696. The Morgan fingerprint density at radius 1 is 0.486 bits per heavy atom. The quantitative estimate of drug-likeness (QED) is 0.245. The first-order valence-corrected chi connectivity index (χ1v) is 30.1. The van der Waals surface area contributed by atoms with Gasteiger partial charge in [-0.2, -0.15) is 0 Å². The van der Waals surface area contributed by atoms with Crippen LogP contribution in [-0.2, 0) is 0 Å². The zero-order valence-electron chi connectivity index (χ0n) is 28.1. The zero-order chi connectivity index (χ0) is 30.0. The van der Waals surface area contributed by atoms with E-state index in [9.17, 15) is 0 Å². The minimum absolute atomic E-state index is 0.400. The Labute approximate surface area is 254 Å². The van der Waals surface area contributed by atoms with Gasteiger partial charge in [0.05, 0.1) is 15.2 Å². The molecule has 0 aliphatic carbocycles. The Balaban J connectivity index is 0.00000410.